The van der Waals surface area contributed by atoms with Crippen molar-refractivity contribution in [3.05, 3.63) is 83.4 Å². The Kier molecular flexibility index (Phi) is 7.38. The molecule has 6 nitrogen and oxygen atoms in total. The van der Waals surface area contributed by atoms with E-state index in [4.69, 9.17) is 9.47 Å². The summed E-state index contributed by atoms with van der Waals surface area (Å²) in [4.78, 5) is 25.5. The first-order valence-corrected chi connectivity index (χ1v) is 10.7. The highest BCUT2D eigenvalue weighted by molar-refractivity contribution is 6.07. The van der Waals surface area contributed by atoms with Crippen LogP contribution in [0.25, 0.3) is 0 Å². The molecular weight excluding hydrogens is 416 g/mol. The number of para-hydroxylation sites is 2. The number of ether oxygens (including phenoxy) is 2. The summed E-state index contributed by atoms with van der Waals surface area (Å²) in [5.74, 6) is 0.716. The topological polar surface area (TPSA) is 76.7 Å². The minimum Gasteiger partial charge on any atom is -0.493 e. The number of carbonyl (C=O) groups is 2. The summed E-state index contributed by atoms with van der Waals surface area (Å²) in [6.07, 6.45) is 0.150. The molecule has 0 aromatic heterocycles. The van der Waals surface area contributed by atoms with Crippen molar-refractivity contribution in [1.82, 2.24) is 0 Å². The van der Waals surface area contributed by atoms with Crippen molar-refractivity contribution in [3.8, 4) is 11.5 Å². The summed E-state index contributed by atoms with van der Waals surface area (Å²) in [6, 6.07) is 20.0. The Morgan fingerprint density at radius 2 is 1.39 bits per heavy atom. The number of amides is 2. The molecule has 33 heavy (non-hydrogen) atoms. The minimum atomic E-state index is -0.239. The predicted octanol–water partition coefficient (Wildman–Crippen LogP) is 5.43. The van der Waals surface area contributed by atoms with E-state index in [9.17, 15) is 9.59 Å². The molecule has 6 heteroatoms. The van der Waals surface area contributed by atoms with Gasteiger partial charge in [-0.15, -0.1) is 0 Å². The van der Waals surface area contributed by atoms with E-state index < -0.39 is 0 Å². The summed E-state index contributed by atoms with van der Waals surface area (Å²) in [7, 11) is 3.12. The maximum atomic E-state index is 12.8. The number of nitrogens with one attached hydrogen (secondary N) is 2. The van der Waals surface area contributed by atoms with Crippen molar-refractivity contribution < 1.29 is 19.1 Å². The number of hydrogen-bond donors (Lipinski definition) is 2. The van der Waals surface area contributed by atoms with Crippen molar-refractivity contribution >= 4 is 23.2 Å². The van der Waals surface area contributed by atoms with E-state index >= 15 is 0 Å². The second kappa shape index (κ2) is 10.2. The third-order valence-corrected chi connectivity index (χ3v) is 5.28. The Bertz CT molecular complexity index is 1130. The number of anilines is 2. The van der Waals surface area contributed by atoms with E-state index in [1.807, 2.05) is 36.4 Å². The molecule has 0 aliphatic heterocycles. The van der Waals surface area contributed by atoms with Crippen LogP contribution >= 0.6 is 0 Å². The predicted molar refractivity (Wildman–Crippen MR) is 131 cm³/mol. The smallest absolute Gasteiger partial charge is 0.255 e. The van der Waals surface area contributed by atoms with E-state index in [0.29, 0.717) is 28.4 Å². The Hall–Kier alpha value is -3.80. The average molecular weight is 447 g/mol. The lowest BCUT2D eigenvalue weighted by Crippen LogP contribution is -2.18. The lowest BCUT2D eigenvalue weighted by Gasteiger charge is -2.19. The standard InChI is InChI=1S/C27H30N2O4/c1-27(2,3)20-13-11-19(12-14-20)26(31)29-22-9-7-6-8-21(22)28-25(30)17-18-10-15-23(32-4)24(16-18)33-5/h6-16H,17H2,1-5H3,(H,28,30)(H,29,31). The number of rotatable bonds is 7. The van der Waals surface area contributed by atoms with Gasteiger partial charge in [0.15, 0.2) is 11.5 Å². The molecule has 0 saturated heterocycles. The van der Waals surface area contributed by atoms with E-state index in [1.165, 1.54) is 0 Å². The van der Waals surface area contributed by atoms with Crippen LogP contribution in [-0.2, 0) is 16.6 Å². The van der Waals surface area contributed by atoms with Crippen molar-refractivity contribution in [2.24, 2.45) is 0 Å². The molecule has 0 fully saturated rings. The molecule has 2 N–H and O–H groups in total. The summed E-state index contributed by atoms with van der Waals surface area (Å²) in [5, 5.41) is 5.78. The molecule has 0 aliphatic carbocycles. The molecule has 3 aromatic rings. The zero-order chi connectivity index (χ0) is 24.0. The van der Waals surface area contributed by atoms with Gasteiger partial charge in [-0.1, -0.05) is 51.1 Å². The van der Waals surface area contributed by atoms with Crippen LogP contribution in [0.1, 0.15) is 42.3 Å². The zero-order valence-electron chi connectivity index (χ0n) is 19.7. The van der Waals surface area contributed by atoms with Crippen LogP contribution in [-0.4, -0.2) is 26.0 Å². The van der Waals surface area contributed by atoms with Gasteiger partial charge in [0.25, 0.3) is 5.91 Å². The summed E-state index contributed by atoms with van der Waals surface area (Å²) in [5.41, 5.74) is 3.56. The lowest BCUT2D eigenvalue weighted by molar-refractivity contribution is -0.115. The van der Waals surface area contributed by atoms with Crippen molar-refractivity contribution in [3.63, 3.8) is 0 Å². The molecule has 0 atom stereocenters. The first-order chi connectivity index (χ1) is 15.7. The average Bonchev–Trinajstić information content (AvgIpc) is 2.79. The largest absolute Gasteiger partial charge is 0.493 e. The number of benzene rings is 3. The van der Waals surface area contributed by atoms with Gasteiger partial charge in [-0.25, -0.2) is 0 Å². The summed E-state index contributed by atoms with van der Waals surface area (Å²) < 4.78 is 10.5. The molecule has 0 heterocycles. The van der Waals surface area contributed by atoms with Crippen LogP contribution in [0, 0.1) is 0 Å². The van der Waals surface area contributed by atoms with Crippen LogP contribution in [0.3, 0.4) is 0 Å². The normalized spacial score (nSPS) is 10.9. The van der Waals surface area contributed by atoms with E-state index in [2.05, 4.69) is 31.4 Å². The third kappa shape index (κ3) is 6.13. The molecule has 0 saturated carbocycles. The van der Waals surface area contributed by atoms with E-state index in [0.717, 1.165) is 11.1 Å². The molecule has 0 radical (unpaired) electrons. The molecule has 3 aromatic carbocycles. The van der Waals surface area contributed by atoms with Crippen LogP contribution in [0.4, 0.5) is 11.4 Å². The van der Waals surface area contributed by atoms with Crippen LogP contribution in [0.2, 0.25) is 0 Å². The van der Waals surface area contributed by atoms with Crippen LogP contribution < -0.4 is 20.1 Å². The zero-order valence-corrected chi connectivity index (χ0v) is 19.7. The Balaban J connectivity index is 1.70. The van der Waals surface area contributed by atoms with Gasteiger partial charge in [-0.05, 0) is 52.9 Å². The van der Waals surface area contributed by atoms with Gasteiger partial charge in [0.2, 0.25) is 5.91 Å². The summed E-state index contributed by atoms with van der Waals surface area (Å²) in [6.45, 7) is 6.38. The first kappa shape index (κ1) is 23.9. The fourth-order valence-electron chi connectivity index (χ4n) is 3.39. The Morgan fingerprint density at radius 3 is 1.97 bits per heavy atom. The second-order valence-corrected chi connectivity index (χ2v) is 8.74. The molecule has 0 unspecified atom stereocenters. The van der Waals surface area contributed by atoms with Gasteiger partial charge in [-0.3, -0.25) is 9.59 Å². The number of hydrogen-bond acceptors (Lipinski definition) is 4. The van der Waals surface area contributed by atoms with Gasteiger partial charge in [0.05, 0.1) is 32.0 Å². The van der Waals surface area contributed by atoms with Crippen molar-refractivity contribution in [2.45, 2.75) is 32.6 Å². The monoisotopic (exact) mass is 446 g/mol. The highest BCUT2D eigenvalue weighted by atomic mass is 16.5. The molecule has 0 spiro atoms. The fraction of sp³-hybridized carbons (Fsp3) is 0.259. The first-order valence-electron chi connectivity index (χ1n) is 10.7. The maximum absolute atomic E-state index is 12.8. The molecule has 0 bridgehead atoms. The van der Waals surface area contributed by atoms with Gasteiger partial charge in [-0.2, -0.15) is 0 Å². The molecule has 172 valence electrons. The highest BCUT2D eigenvalue weighted by Crippen LogP contribution is 2.28. The van der Waals surface area contributed by atoms with E-state index in [1.54, 1.807) is 44.6 Å². The Labute approximate surface area is 194 Å². The van der Waals surface area contributed by atoms with Crippen molar-refractivity contribution in [1.29, 1.82) is 0 Å². The SMILES string of the molecule is COc1ccc(CC(=O)Nc2ccccc2NC(=O)c2ccc(C(C)(C)C)cc2)cc1OC. The van der Waals surface area contributed by atoms with Crippen LogP contribution in [0.5, 0.6) is 11.5 Å². The van der Waals surface area contributed by atoms with Gasteiger partial charge >= 0.3 is 0 Å². The molecule has 0 aliphatic rings. The van der Waals surface area contributed by atoms with Crippen LogP contribution in [0.15, 0.2) is 66.7 Å². The van der Waals surface area contributed by atoms with Gasteiger partial charge in [0, 0.05) is 5.56 Å². The maximum Gasteiger partial charge on any atom is 0.255 e. The lowest BCUT2D eigenvalue weighted by atomic mass is 9.87. The Morgan fingerprint density at radius 1 is 0.788 bits per heavy atom. The summed E-state index contributed by atoms with van der Waals surface area (Å²) >= 11 is 0. The van der Waals surface area contributed by atoms with Crippen molar-refractivity contribution in [2.75, 3.05) is 24.9 Å². The third-order valence-electron chi connectivity index (χ3n) is 5.28. The highest BCUT2D eigenvalue weighted by Gasteiger charge is 2.16. The number of methoxy groups -OCH3 is 2. The number of carbonyl (C=O) groups excluding carboxylic acids is 2. The molecule has 2 amide bonds. The minimum absolute atomic E-state index is 0.0137. The van der Waals surface area contributed by atoms with E-state index in [-0.39, 0.29) is 23.7 Å². The fourth-order valence-corrected chi connectivity index (χ4v) is 3.39. The van der Waals surface area contributed by atoms with Gasteiger partial charge < -0.3 is 20.1 Å². The molecular formula is C27H30N2O4. The van der Waals surface area contributed by atoms with Gasteiger partial charge in [0.1, 0.15) is 0 Å². The second-order valence-electron chi connectivity index (χ2n) is 8.74. The quantitative estimate of drug-likeness (QED) is 0.507. The molecule has 3 rings (SSSR count).